The Morgan fingerprint density at radius 2 is 1.92 bits per heavy atom. The Kier molecular flexibility index (Phi) is 4.02. The van der Waals surface area contributed by atoms with Crippen LogP contribution in [-0.4, -0.2) is 40.7 Å². The summed E-state index contributed by atoms with van der Waals surface area (Å²) in [6.45, 7) is 3.29. The maximum atomic E-state index is 13.3. The van der Waals surface area contributed by atoms with Gasteiger partial charge in [-0.3, -0.25) is 4.90 Å². The van der Waals surface area contributed by atoms with Gasteiger partial charge in [-0.1, -0.05) is 6.07 Å². The topological polar surface area (TPSA) is 38.2 Å². The van der Waals surface area contributed by atoms with Crippen molar-refractivity contribution in [2.45, 2.75) is 25.5 Å². The Hall–Kier alpha value is -1.92. The minimum absolute atomic E-state index is 0.207. The van der Waals surface area contributed by atoms with Gasteiger partial charge in [0.05, 0.1) is 12.7 Å². The van der Waals surface area contributed by atoms with Gasteiger partial charge in [0, 0.05) is 43.9 Å². The molecule has 0 aliphatic carbocycles. The van der Waals surface area contributed by atoms with Crippen LogP contribution in [0, 0.1) is 17.0 Å². The van der Waals surface area contributed by atoms with E-state index in [0.29, 0.717) is 6.54 Å². The molecule has 24 heavy (non-hydrogen) atoms. The number of rotatable bonds is 4. The van der Waals surface area contributed by atoms with Crippen molar-refractivity contribution in [2.75, 3.05) is 19.7 Å². The molecule has 3 heterocycles. The number of likely N-dealkylation sites (tertiary alicyclic amines) is 1. The van der Waals surface area contributed by atoms with E-state index in [1.54, 1.807) is 6.07 Å². The minimum Gasteiger partial charge on any atom is -0.377 e. The molecular weight excluding hydrogens is 312 g/mol. The van der Waals surface area contributed by atoms with Crippen molar-refractivity contribution in [1.29, 1.82) is 0 Å². The summed E-state index contributed by atoms with van der Waals surface area (Å²) in [4.78, 5) is 10.3. The van der Waals surface area contributed by atoms with E-state index < -0.39 is 11.6 Å². The second kappa shape index (κ2) is 6.18. The summed E-state index contributed by atoms with van der Waals surface area (Å²) in [5, 5.41) is 0. The predicted octanol–water partition coefficient (Wildman–Crippen LogP) is 2.59. The smallest absolute Gasteiger partial charge is 0.159 e. The average molecular weight is 331 g/mol. The molecular formula is C18H19F2N3O. The van der Waals surface area contributed by atoms with Crippen molar-refractivity contribution in [3.8, 4) is 0 Å². The zero-order valence-corrected chi connectivity index (χ0v) is 13.3. The molecule has 0 bridgehead atoms. The molecule has 1 unspecified atom stereocenters. The molecule has 0 N–H and O–H groups in total. The second-order valence-electron chi connectivity index (χ2n) is 6.98. The third-order valence-electron chi connectivity index (χ3n) is 4.87. The first-order valence-electron chi connectivity index (χ1n) is 8.14. The van der Waals surface area contributed by atoms with E-state index in [-0.39, 0.29) is 11.5 Å². The molecule has 4 rings (SSSR count). The molecule has 6 heteroatoms. The number of aromatic nitrogens is 2. The van der Waals surface area contributed by atoms with Crippen LogP contribution in [0.15, 0.2) is 36.9 Å². The number of nitrogens with zero attached hydrogens (tertiary/aromatic N) is 3. The molecule has 2 aromatic rings. The lowest BCUT2D eigenvalue weighted by molar-refractivity contribution is -0.0141. The van der Waals surface area contributed by atoms with Crippen LogP contribution < -0.4 is 0 Å². The SMILES string of the molecule is Fc1ccc(CN2CC3(COC(Cc4cncnc4)C3)C2)cc1F. The van der Waals surface area contributed by atoms with Crippen LogP contribution in [0.2, 0.25) is 0 Å². The highest BCUT2D eigenvalue weighted by Crippen LogP contribution is 2.42. The summed E-state index contributed by atoms with van der Waals surface area (Å²) in [7, 11) is 0. The Labute approximate surface area is 139 Å². The van der Waals surface area contributed by atoms with E-state index >= 15 is 0 Å². The molecule has 1 atom stereocenters. The van der Waals surface area contributed by atoms with Gasteiger partial charge in [-0.15, -0.1) is 0 Å². The second-order valence-corrected chi connectivity index (χ2v) is 6.98. The lowest BCUT2D eigenvalue weighted by Gasteiger charge is -2.47. The Bertz CT molecular complexity index is 719. The summed E-state index contributed by atoms with van der Waals surface area (Å²) in [5.41, 5.74) is 2.11. The van der Waals surface area contributed by atoms with Crippen LogP contribution in [0.5, 0.6) is 0 Å². The summed E-state index contributed by atoms with van der Waals surface area (Å²) in [5.74, 6) is -1.58. The van der Waals surface area contributed by atoms with Crippen LogP contribution in [0.3, 0.4) is 0 Å². The van der Waals surface area contributed by atoms with Gasteiger partial charge in [-0.25, -0.2) is 18.7 Å². The average Bonchev–Trinajstić information content (AvgIpc) is 2.95. The largest absolute Gasteiger partial charge is 0.377 e. The lowest BCUT2D eigenvalue weighted by Crippen LogP contribution is -2.56. The van der Waals surface area contributed by atoms with E-state index in [1.165, 1.54) is 18.5 Å². The molecule has 0 radical (unpaired) electrons. The fourth-order valence-corrected chi connectivity index (χ4v) is 3.86. The van der Waals surface area contributed by atoms with Gasteiger partial charge in [0.15, 0.2) is 11.6 Å². The van der Waals surface area contributed by atoms with Crippen LogP contribution in [0.1, 0.15) is 17.5 Å². The van der Waals surface area contributed by atoms with Crippen molar-refractivity contribution < 1.29 is 13.5 Å². The summed E-state index contributed by atoms with van der Waals surface area (Å²) in [6, 6.07) is 4.12. The Morgan fingerprint density at radius 3 is 2.67 bits per heavy atom. The third kappa shape index (κ3) is 3.16. The van der Waals surface area contributed by atoms with Gasteiger partial charge < -0.3 is 4.74 Å². The number of benzene rings is 1. The first-order chi connectivity index (χ1) is 11.6. The van der Waals surface area contributed by atoms with E-state index in [9.17, 15) is 8.78 Å². The first-order valence-corrected chi connectivity index (χ1v) is 8.14. The van der Waals surface area contributed by atoms with Crippen LogP contribution >= 0.6 is 0 Å². The molecule has 2 fully saturated rings. The minimum atomic E-state index is -0.796. The molecule has 2 saturated heterocycles. The van der Waals surface area contributed by atoms with Gasteiger partial charge >= 0.3 is 0 Å². The Morgan fingerprint density at radius 1 is 1.12 bits per heavy atom. The number of ether oxygens (including phenoxy) is 1. The normalized spacial score (nSPS) is 22.7. The maximum Gasteiger partial charge on any atom is 0.159 e. The fourth-order valence-electron chi connectivity index (χ4n) is 3.86. The van der Waals surface area contributed by atoms with E-state index in [4.69, 9.17) is 4.74 Å². The number of halogens is 2. The molecule has 126 valence electrons. The van der Waals surface area contributed by atoms with E-state index in [1.807, 2.05) is 12.4 Å². The summed E-state index contributed by atoms with van der Waals surface area (Å²) >= 11 is 0. The number of hydrogen-bond donors (Lipinski definition) is 0. The highest BCUT2D eigenvalue weighted by molar-refractivity contribution is 5.18. The van der Waals surface area contributed by atoms with Crippen molar-refractivity contribution in [3.63, 3.8) is 0 Å². The highest BCUT2D eigenvalue weighted by atomic mass is 19.2. The molecule has 0 amide bonds. The monoisotopic (exact) mass is 331 g/mol. The van der Waals surface area contributed by atoms with Gasteiger partial charge in [-0.05, 0) is 29.7 Å². The quantitative estimate of drug-likeness (QED) is 0.863. The summed E-state index contributed by atoms with van der Waals surface area (Å²) < 4.78 is 32.2. The molecule has 1 aromatic carbocycles. The zero-order chi connectivity index (χ0) is 16.6. The molecule has 1 aromatic heterocycles. The van der Waals surface area contributed by atoms with Crippen LogP contribution in [0.4, 0.5) is 8.78 Å². The van der Waals surface area contributed by atoms with Crippen LogP contribution in [-0.2, 0) is 17.7 Å². The van der Waals surface area contributed by atoms with Gasteiger partial charge in [0.2, 0.25) is 0 Å². The van der Waals surface area contributed by atoms with Crippen molar-refractivity contribution >= 4 is 0 Å². The fraction of sp³-hybridized carbons (Fsp3) is 0.444. The van der Waals surface area contributed by atoms with Crippen molar-refractivity contribution in [1.82, 2.24) is 14.9 Å². The molecule has 0 saturated carbocycles. The zero-order valence-electron chi connectivity index (χ0n) is 13.3. The van der Waals surface area contributed by atoms with Crippen molar-refractivity contribution in [3.05, 3.63) is 59.7 Å². The first kappa shape index (κ1) is 15.6. The van der Waals surface area contributed by atoms with E-state index in [0.717, 1.165) is 43.7 Å². The van der Waals surface area contributed by atoms with Gasteiger partial charge in [0.25, 0.3) is 0 Å². The van der Waals surface area contributed by atoms with Gasteiger partial charge in [0.1, 0.15) is 6.33 Å². The Balaban J connectivity index is 1.30. The molecule has 2 aliphatic heterocycles. The highest BCUT2D eigenvalue weighted by Gasteiger charge is 2.48. The molecule has 4 nitrogen and oxygen atoms in total. The van der Waals surface area contributed by atoms with Crippen molar-refractivity contribution in [2.24, 2.45) is 5.41 Å². The predicted molar refractivity (Wildman–Crippen MR) is 84.2 cm³/mol. The lowest BCUT2D eigenvalue weighted by atomic mass is 9.77. The number of hydrogen-bond acceptors (Lipinski definition) is 4. The molecule has 1 spiro atoms. The third-order valence-corrected chi connectivity index (χ3v) is 4.87. The van der Waals surface area contributed by atoms with Crippen LogP contribution in [0.25, 0.3) is 0 Å². The van der Waals surface area contributed by atoms with Gasteiger partial charge in [-0.2, -0.15) is 0 Å². The summed E-state index contributed by atoms with van der Waals surface area (Å²) in [6.07, 6.45) is 7.26. The van der Waals surface area contributed by atoms with E-state index in [2.05, 4.69) is 14.9 Å². The molecule has 2 aliphatic rings. The standard InChI is InChI=1S/C18H19F2N3O/c19-16-2-1-13(4-17(16)20)8-23-9-18(10-23)5-15(24-11-18)3-14-6-21-12-22-7-14/h1-2,4,6-7,12,15H,3,5,8-11H2. The maximum absolute atomic E-state index is 13.3.